The molecule has 0 amide bonds. The Kier molecular flexibility index (Phi) is 4.93. The summed E-state index contributed by atoms with van der Waals surface area (Å²) in [5.74, 6) is 0.387. The molecule has 1 atom stereocenters. The molecule has 1 unspecified atom stereocenters. The van der Waals surface area contributed by atoms with E-state index in [1.807, 2.05) is 18.2 Å². The molecule has 0 aliphatic carbocycles. The minimum atomic E-state index is -3.63. The number of halogens is 1. The fraction of sp³-hybridized carbons (Fsp3) is 0.333. The molecule has 1 saturated heterocycles. The molecule has 5 nitrogen and oxygen atoms in total. The predicted octanol–water partition coefficient (Wildman–Crippen LogP) is 2.75. The van der Waals surface area contributed by atoms with Crippen molar-refractivity contribution in [3.05, 3.63) is 46.3 Å². The zero-order valence-electron chi connectivity index (χ0n) is 12.5. The summed E-state index contributed by atoms with van der Waals surface area (Å²) < 4.78 is 33.2. The van der Waals surface area contributed by atoms with Gasteiger partial charge in [0.15, 0.2) is 4.21 Å². The van der Waals surface area contributed by atoms with Crippen LogP contribution < -0.4 is 10.1 Å². The Morgan fingerprint density at radius 3 is 2.96 bits per heavy atom. The molecule has 0 saturated carbocycles. The van der Waals surface area contributed by atoms with Gasteiger partial charge in [0.25, 0.3) is 10.0 Å². The highest BCUT2D eigenvalue weighted by molar-refractivity contribution is 7.91. The minimum absolute atomic E-state index is 0.244. The van der Waals surface area contributed by atoms with Gasteiger partial charge in [-0.25, -0.2) is 8.42 Å². The first kappa shape index (κ1) is 16.7. The van der Waals surface area contributed by atoms with Crippen molar-refractivity contribution in [1.82, 2.24) is 9.62 Å². The van der Waals surface area contributed by atoms with Crippen molar-refractivity contribution in [2.45, 2.75) is 10.3 Å². The van der Waals surface area contributed by atoms with Gasteiger partial charge in [-0.1, -0.05) is 23.7 Å². The predicted molar refractivity (Wildman–Crippen MR) is 91.8 cm³/mol. The molecule has 23 heavy (non-hydrogen) atoms. The summed E-state index contributed by atoms with van der Waals surface area (Å²) in [6.45, 7) is 1.57. The highest BCUT2D eigenvalue weighted by Gasteiger charge is 2.36. The molecular weight excluding hydrogens is 356 g/mol. The summed E-state index contributed by atoms with van der Waals surface area (Å²) in [6.07, 6.45) is 0. The SMILES string of the molecule is COc1ccsc1S(=O)(=O)N1CCNCC1c1cccc(Cl)c1. The number of methoxy groups -OCH3 is 1. The summed E-state index contributed by atoms with van der Waals surface area (Å²) >= 11 is 7.24. The first-order valence-corrected chi connectivity index (χ1v) is 9.83. The van der Waals surface area contributed by atoms with Crippen molar-refractivity contribution in [1.29, 1.82) is 0 Å². The second-order valence-electron chi connectivity index (χ2n) is 5.17. The van der Waals surface area contributed by atoms with E-state index in [2.05, 4.69) is 5.32 Å². The van der Waals surface area contributed by atoms with Gasteiger partial charge in [0.2, 0.25) is 0 Å². The molecule has 1 aliphatic heterocycles. The number of ether oxygens (including phenoxy) is 1. The third-order valence-electron chi connectivity index (χ3n) is 3.79. The van der Waals surface area contributed by atoms with Crippen LogP contribution in [0.5, 0.6) is 5.75 Å². The number of sulfonamides is 1. The van der Waals surface area contributed by atoms with E-state index in [-0.39, 0.29) is 10.3 Å². The molecule has 1 aliphatic rings. The molecule has 0 radical (unpaired) electrons. The molecule has 124 valence electrons. The van der Waals surface area contributed by atoms with Crippen molar-refractivity contribution in [3.63, 3.8) is 0 Å². The number of benzene rings is 1. The Morgan fingerprint density at radius 1 is 1.39 bits per heavy atom. The average Bonchev–Trinajstić information content (AvgIpc) is 3.04. The van der Waals surface area contributed by atoms with E-state index in [0.29, 0.717) is 30.4 Å². The van der Waals surface area contributed by atoms with Gasteiger partial charge in [0.05, 0.1) is 13.2 Å². The zero-order chi connectivity index (χ0) is 16.4. The number of hydrogen-bond donors (Lipinski definition) is 1. The fourth-order valence-electron chi connectivity index (χ4n) is 2.70. The van der Waals surface area contributed by atoms with E-state index in [4.69, 9.17) is 16.3 Å². The average molecular weight is 373 g/mol. The molecule has 2 aromatic rings. The largest absolute Gasteiger partial charge is 0.494 e. The Morgan fingerprint density at radius 2 is 2.22 bits per heavy atom. The quantitative estimate of drug-likeness (QED) is 0.896. The number of hydrogen-bond acceptors (Lipinski definition) is 5. The lowest BCUT2D eigenvalue weighted by molar-refractivity contribution is 0.271. The van der Waals surface area contributed by atoms with Crippen LogP contribution >= 0.6 is 22.9 Å². The van der Waals surface area contributed by atoms with E-state index in [0.717, 1.165) is 5.56 Å². The summed E-state index contributed by atoms with van der Waals surface area (Å²) in [4.78, 5) is 0. The molecule has 1 aromatic carbocycles. The van der Waals surface area contributed by atoms with Crippen molar-refractivity contribution in [2.75, 3.05) is 26.7 Å². The van der Waals surface area contributed by atoms with Crippen molar-refractivity contribution >= 4 is 33.0 Å². The molecule has 1 N–H and O–H groups in total. The van der Waals surface area contributed by atoms with Crippen molar-refractivity contribution < 1.29 is 13.2 Å². The first-order chi connectivity index (χ1) is 11.0. The number of rotatable bonds is 4. The zero-order valence-corrected chi connectivity index (χ0v) is 14.9. The molecule has 1 aromatic heterocycles. The van der Waals surface area contributed by atoms with E-state index in [1.54, 1.807) is 17.5 Å². The van der Waals surface area contributed by atoms with Crippen LogP contribution in [-0.2, 0) is 10.0 Å². The lowest BCUT2D eigenvalue weighted by Crippen LogP contribution is -2.48. The van der Waals surface area contributed by atoms with Crippen LogP contribution in [0.25, 0.3) is 0 Å². The van der Waals surface area contributed by atoms with Crippen molar-refractivity contribution in [2.24, 2.45) is 0 Å². The van der Waals surface area contributed by atoms with Gasteiger partial charge in [0, 0.05) is 24.7 Å². The third kappa shape index (κ3) is 3.25. The van der Waals surface area contributed by atoms with Crippen LogP contribution in [0.15, 0.2) is 39.9 Å². The number of nitrogens with zero attached hydrogens (tertiary/aromatic N) is 1. The van der Waals surface area contributed by atoms with Crippen LogP contribution in [0.1, 0.15) is 11.6 Å². The summed E-state index contributed by atoms with van der Waals surface area (Å²) in [7, 11) is -2.15. The minimum Gasteiger partial charge on any atom is -0.494 e. The lowest BCUT2D eigenvalue weighted by atomic mass is 10.1. The normalized spacial score (nSPS) is 19.7. The molecule has 8 heteroatoms. The van der Waals surface area contributed by atoms with Gasteiger partial charge >= 0.3 is 0 Å². The van der Waals surface area contributed by atoms with Gasteiger partial charge in [-0.3, -0.25) is 0 Å². The first-order valence-electron chi connectivity index (χ1n) is 7.13. The Balaban J connectivity index is 2.01. The highest BCUT2D eigenvalue weighted by atomic mass is 35.5. The van der Waals surface area contributed by atoms with Crippen LogP contribution in [0.3, 0.4) is 0 Å². The van der Waals surface area contributed by atoms with E-state index in [9.17, 15) is 8.42 Å². The van der Waals surface area contributed by atoms with E-state index >= 15 is 0 Å². The van der Waals surface area contributed by atoms with Crippen LogP contribution in [0.2, 0.25) is 5.02 Å². The number of thiophene rings is 1. The number of piperazine rings is 1. The smallest absolute Gasteiger partial charge is 0.256 e. The van der Waals surface area contributed by atoms with Crippen LogP contribution in [-0.4, -0.2) is 39.5 Å². The highest BCUT2D eigenvalue weighted by Crippen LogP contribution is 2.36. The van der Waals surface area contributed by atoms with Gasteiger partial charge in [0.1, 0.15) is 5.75 Å². The standard InChI is InChI=1S/C15H17ClN2O3S2/c1-21-14-5-8-22-15(14)23(19,20)18-7-6-17-10-13(18)11-3-2-4-12(16)9-11/h2-5,8-9,13,17H,6-7,10H2,1H3. The molecule has 3 rings (SSSR count). The monoisotopic (exact) mass is 372 g/mol. The molecule has 0 bridgehead atoms. The van der Waals surface area contributed by atoms with Crippen LogP contribution in [0, 0.1) is 0 Å². The van der Waals surface area contributed by atoms with Gasteiger partial charge in [-0.05, 0) is 29.1 Å². The molecule has 1 fully saturated rings. The summed E-state index contributed by atoms with van der Waals surface area (Å²) in [5, 5.41) is 5.57. The Bertz CT molecular complexity index is 792. The van der Waals surface area contributed by atoms with Gasteiger partial charge in [-0.2, -0.15) is 4.31 Å². The van der Waals surface area contributed by atoms with E-state index < -0.39 is 10.0 Å². The van der Waals surface area contributed by atoms with Gasteiger partial charge < -0.3 is 10.1 Å². The summed E-state index contributed by atoms with van der Waals surface area (Å²) in [6, 6.07) is 8.71. The maximum absolute atomic E-state index is 13.1. The maximum atomic E-state index is 13.1. The Hall–Kier alpha value is -1.12. The Labute approximate surface area is 144 Å². The fourth-order valence-corrected chi connectivity index (χ4v) is 5.90. The van der Waals surface area contributed by atoms with Gasteiger partial charge in [-0.15, -0.1) is 11.3 Å². The molecular formula is C15H17ClN2O3S2. The lowest BCUT2D eigenvalue weighted by Gasteiger charge is -2.35. The molecule has 0 spiro atoms. The second-order valence-corrected chi connectivity index (χ2v) is 8.61. The second kappa shape index (κ2) is 6.78. The molecule has 2 heterocycles. The maximum Gasteiger partial charge on any atom is 0.256 e. The number of nitrogens with one attached hydrogen (secondary N) is 1. The van der Waals surface area contributed by atoms with E-state index in [1.165, 1.54) is 22.8 Å². The van der Waals surface area contributed by atoms with Crippen LogP contribution in [0.4, 0.5) is 0 Å². The third-order valence-corrected chi connectivity index (χ3v) is 7.35. The summed E-state index contributed by atoms with van der Waals surface area (Å²) in [5.41, 5.74) is 0.879. The van der Waals surface area contributed by atoms with Crippen molar-refractivity contribution in [3.8, 4) is 5.75 Å². The topological polar surface area (TPSA) is 58.6 Å².